The lowest BCUT2D eigenvalue weighted by Gasteiger charge is -2.47. The average molecular weight is 726 g/mol. The zero-order chi connectivity index (χ0) is 35.5. The van der Waals surface area contributed by atoms with Crippen molar-refractivity contribution >= 4 is 61.5 Å². The summed E-state index contributed by atoms with van der Waals surface area (Å²) < 4.78 is 17.0. The van der Waals surface area contributed by atoms with Crippen LogP contribution in [-0.4, -0.2) is 25.2 Å². The van der Waals surface area contributed by atoms with Crippen molar-refractivity contribution in [3.63, 3.8) is 0 Å². The Labute approximate surface area is 312 Å². The maximum absolute atomic E-state index is 8.54. The standard InChI is InChI=1S/C47H45O2Si3/c1-2-3-25-40-50(41-26-11-4-12-27-41,42-28-13-5-14-29-42)48-52(46-36-21-9-22-37-46,47-38-23-10-24-39-47)49-51(43-30-15-6-16-31-43,44-32-17-7-18-33-44)45-34-19-8-20-35-45/h4-24,26-39H,1-3,25,40H2. The molecular formula is C47H45O2Si3. The Morgan fingerprint density at radius 2 is 0.615 bits per heavy atom. The van der Waals surface area contributed by atoms with Gasteiger partial charge in [-0.25, -0.2) is 0 Å². The highest BCUT2D eigenvalue weighted by Gasteiger charge is 2.57. The quantitative estimate of drug-likeness (QED) is 0.0666. The zero-order valence-corrected chi connectivity index (χ0v) is 32.6. The minimum atomic E-state index is -3.68. The minimum Gasteiger partial charge on any atom is -0.422 e. The first kappa shape index (κ1) is 35.5. The van der Waals surface area contributed by atoms with Crippen LogP contribution in [0.25, 0.3) is 0 Å². The highest BCUT2D eigenvalue weighted by molar-refractivity contribution is 7.15. The Hall–Kier alpha value is -4.89. The molecule has 0 heterocycles. The van der Waals surface area contributed by atoms with Gasteiger partial charge >= 0.3 is 8.56 Å². The second-order valence-corrected chi connectivity index (χ2v) is 23.6. The van der Waals surface area contributed by atoms with Crippen LogP contribution in [0.3, 0.4) is 0 Å². The van der Waals surface area contributed by atoms with E-state index in [1.54, 1.807) is 0 Å². The van der Waals surface area contributed by atoms with Crippen LogP contribution >= 0.6 is 0 Å². The molecule has 52 heavy (non-hydrogen) atoms. The van der Waals surface area contributed by atoms with Crippen molar-refractivity contribution in [2.24, 2.45) is 0 Å². The Bertz CT molecular complexity index is 1910. The van der Waals surface area contributed by atoms with E-state index in [4.69, 9.17) is 8.23 Å². The summed E-state index contributed by atoms with van der Waals surface area (Å²) in [6.45, 7) is 4.23. The van der Waals surface area contributed by atoms with Crippen LogP contribution in [0.2, 0.25) is 6.04 Å². The summed E-state index contributed by atoms with van der Waals surface area (Å²) >= 11 is 0. The molecule has 0 aliphatic carbocycles. The van der Waals surface area contributed by atoms with Crippen molar-refractivity contribution < 1.29 is 8.23 Å². The molecule has 7 rings (SSSR count). The summed E-state index contributed by atoms with van der Waals surface area (Å²) in [7, 11) is -10.1. The van der Waals surface area contributed by atoms with Gasteiger partial charge in [0.05, 0.1) is 0 Å². The van der Waals surface area contributed by atoms with Crippen LogP contribution in [0.5, 0.6) is 0 Å². The SMILES string of the molecule is [CH2]CCCC[Si](O[Si](O[Si](c1ccccc1)(c1ccccc1)c1ccccc1)(c1ccccc1)c1ccccc1)(c1ccccc1)c1ccccc1. The largest absolute Gasteiger partial charge is 0.422 e. The fourth-order valence-electron chi connectivity index (χ4n) is 7.48. The molecule has 0 atom stereocenters. The van der Waals surface area contributed by atoms with Gasteiger partial charge in [-0.15, -0.1) is 0 Å². The summed E-state index contributed by atoms with van der Waals surface area (Å²) in [4.78, 5) is 0. The van der Waals surface area contributed by atoms with Crippen LogP contribution in [0.1, 0.15) is 19.3 Å². The van der Waals surface area contributed by atoms with Crippen LogP contribution < -0.4 is 36.3 Å². The normalized spacial score (nSPS) is 12.0. The Morgan fingerprint density at radius 1 is 0.327 bits per heavy atom. The van der Waals surface area contributed by atoms with Gasteiger partial charge in [0.1, 0.15) is 0 Å². The van der Waals surface area contributed by atoms with Crippen LogP contribution in [-0.2, 0) is 8.23 Å². The lowest BCUT2D eigenvalue weighted by atomic mass is 10.3. The molecule has 0 fully saturated rings. The number of rotatable bonds is 15. The fraction of sp³-hybridized carbons (Fsp3) is 0.0851. The zero-order valence-electron chi connectivity index (χ0n) is 29.6. The molecule has 2 nitrogen and oxygen atoms in total. The maximum Gasteiger partial charge on any atom is 0.387 e. The first-order chi connectivity index (χ1) is 25.7. The van der Waals surface area contributed by atoms with Gasteiger partial charge in [0.25, 0.3) is 8.32 Å². The molecule has 7 aromatic carbocycles. The Kier molecular flexibility index (Phi) is 11.4. The number of hydrogen-bond donors (Lipinski definition) is 0. The van der Waals surface area contributed by atoms with Crippen molar-refractivity contribution in [3.8, 4) is 0 Å². The van der Waals surface area contributed by atoms with Gasteiger partial charge in [0.15, 0.2) is 0 Å². The molecule has 0 N–H and O–H groups in total. The molecule has 0 bridgehead atoms. The van der Waals surface area contributed by atoms with E-state index in [0.29, 0.717) is 0 Å². The highest BCUT2D eigenvalue weighted by atomic mass is 28.5. The summed E-state index contributed by atoms with van der Waals surface area (Å²) in [5.74, 6) is 0. The Balaban J connectivity index is 1.61. The number of benzene rings is 7. The average Bonchev–Trinajstić information content (AvgIpc) is 3.24. The molecular weight excluding hydrogens is 681 g/mol. The van der Waals surface area contributed by atoms with Crippen molar-refractivity contribution in [1.82, 2.24) is 0 Å². The molecule has 0 aliphatic heterocycles. The summed E-state index contributed by atoms with van der Waals surface area (Å²) in [5, 5.41) is 8.26. The first-order valence-electron chi connectivity index (χ1n) is 18.3. The molecule has 0 saturated heterocycles. The van der Waals surface area contributed by atoms with Crippen LogP contribution in [0.4, 0.5) is 0 Å². The van der Waals surface area contributed by atoms with E-state index in [0.717, 1.165) is 35.7 Å². The third kappa shape index (κ3) is 7.11. The molecule has 0 spiro atoms. The molecule has 0 unspecified atom stereocenters. The molecule has 0 amide bonds. The first-order valence-corrected chi connectivity index (χ1v) is 24.1. The maximum atomic E-state index is 8.54. The molecule has 1 radical (unpaired) electrons. The second-order valence-electron chi connectivity index (χ2n) is 13.2. The van der Waals surface area contributed by atoms with Gasteiger partial charge in [-0.1, -0.05) is 239 Å². The van der Waals surface area contributed by atoms with Gasteiger partial charge in [-0.05, 0) is 42.4 Å². The number of unbranched alkanes of at least 4 members (excludes halogenated alkanes) is 2. The number of hydrogen-bond acceptors (Lipinski definition) is 2. The van der Waals surface area contributed by atoms with Crippen molar-refractivity contribution in [2.45, 2.75) is 25.3 Å². The lowest BCUT2D eigenvalue weighted by Crippen LogP contribution is -2.81. The summed E-state index contributed by atoms with van der Waals surface area (Å²) in [6.07, 6.45) is 2.92. The minimum absolute atomic E-state index is 0.885. The van der Waals surface area contributed by atoms with E-state index < -0.39 is 25.2 Å². The predicted molar refractivity (Wildman–Crippen MR) is 226 cm³/mol. The highest BCUT2D eigenvalue weighted by Crippen LogP contribution is 2.27. The topological polar surface area (TPSA) is 18.5 Å². The fourth-order valence-corrected chi connectivity index (χ4v) is 24.1. The van der Waals surface area contributed by atoms with Gasteiger partial charge in [-0.3, -0.25) is 0 Å². The van der Waals surface area contributed by atoms with E-state index in [9.17, 15) is 0 Å². The van der Waals surface area contributed by atoms with Crippen LogP contribution in [0, 0.1) is 6.92 Å². The summed E-state index contributed by atoms with van der Waals surface area (Å²) in [5.41, 5.74) is 0. The van der Waals surface area contributed by atoms with Gasteiger partial charge in [-0.2, -0.15) is 0 Å². The molecule has 0 aliphatic rings. The molecule has 0 saturated carbocycles. The predicted octanol–water partition coefficient (Wildman–Crippen LogP) is 6.71. The molecule has 5 heteroatoms. The third-order valence-electron chi connectivity index (χ3n) is 9.97. The molecule has 257 valence electrons. The van der Waals surface area contributed by atoms with Gasteiger partial charge in [0.2, 0.25) is 8.32 Å². The monoisotopic (exact) mass is 725 g/mol. The van der Waals surface area contributed by atoms with E-state index in [1.165, 1.54) is 25.9 Å². The van der Waals surface area contributed by atoms with Crippen molar-refractivity contribution in [1.29, 1.82) is 0 Å². The van der Waals surface area contributed by atoms with Gasteiger partial charge in [0, 0.05) is 0 Å². The summed E-state index contributed by atoms with van der Waals surface area (Å²) in [6, 6.07) is 77.4. The Morgan fingerprint density at radius 3 is 0.923 bits per heavy atom. The van der Waals surface area contributed by atoms with E-state index in [2.05, 4.69) is 219 Å². The third-order valence-corrected chi connectivity index (χ3v) is 24.1. The van der Waals surface area contributed by atoms with Crippen molar-refractivity contribution in [3.05, 3.63) is 219 Å². The van der Waals surface area contributed by atoms with E-state index >= 15 is 0 Å². The van der Waals surface area contributed by atoms with Crippen LogP contribution in [0.15, 0.2) is 212 Å². The lowest BCUT2D eigenvalue weighted by molar-refractivity contribution is 0.422. The van der Waals surface area contributed by atoms with E-state index in [1.807, 2.05) is 0 Å². The molecule has 0 aromatic heterocycles. The smallest absolute Gasteiger partial charge is 0.387 e. The van der Waals surface area contributed by atoms with Crippen molar-refractivity contribution in [2.75, 3.05) is 0 Å². The van der Waals surface area contributed by atoms with E-state index in [-0.39, 0.29) is 0 Å². The van der Waals surface area contributed by atoms with Gasteiger partial charge < -0.3 is 8.23 Å². The second kappa shape index (κ2) is 16.6. The molecule has 7 aromatic rings.